The first kappa shape index (κ1) is 14.9. The van der Waals surface area contributed by atoms with Crippen LogP contribution in [-0.4, -0.2) is 11.8 Å². The molecule has 2 amide bonds. The van der Waals surface area contributed by atoms with Crippen molar-refractivity contribution in [3.8, 4) is 0 Å². The fourth-order valence-electron chi connectivity index (χ4n) is 4.41. The second-order valence-electron chi connectivity index (χ2n) is 6.89. The van der Waals surface area contributed by atoms with Crippen molar-refractivity contribution in [3.05, 3.63) is 51.5 Å². The Bertz CT molecular complexity index is 770. The maximum atomic E-state index is 13.0. The van der Waals surface area contributed by atoms with Gasteiger partial charge in [-0.15, -0.1) is 0 Å². The molecule has 2 bridgehead atoms. The number of nitrogens with zero attached hydrogens (tertiary/aromatic N) is 1. The van der Waals surface area contributed by atoms with E-state index >= 15 is 0 Å². The molecular formula is C19H18BrNO2. The highest BCUT2D eigenvalue weighted by Gasteiger charge is 2.61. The van der Waals surface area contributed by atoms with Crippen LogP contribution in [0, 0.1) is 30.6 Å². The van der Waals surface area contributed by atoms with E-state index in [1.54, 1.807) is 0 Å². The molecule has 0 unspecified atom stereocenters. The van der Waals surface area contributed by atoms with Gasteiger partial charge < -0.3 is 0 Å². The van der Waals surface area contributed by atoms with Crippen molar-refractivity contribution in [2.75, 3.05) is 4.90 Å². The standard InChI is InChI=1S/C19H18BrNO2/c1-9(2)15-12-6-7-13(15)17-16(12)18(22)21(19(17)23)11-5-4-10(3)14(20)8-11/h4-8,12-13,16-17H,1-3H3/t12-,13-,16-,17+/m1/s1. The predicted octanol–water partition coefficient (Wildman–Crippen LogP) is 4.02. The van der Waals surface area contributed by atoms with Gasteiger partial charge in [0.25, 0.3) is 0 Å². The van der Waals surface area contributed by atoms with E-state index in [4.69, 9.17) is 0 Å². The summed E-state index contributed by atoms with van der Waals surface area (Å²) in [5, 5.41) is 0. The lowest BCUT2D eigenvalue weighted by Gasteiger charge is -2.19. The number of carbonyl (C=O) groups excluding carboxylic acids is 2. The monoisotopic (exact) mass is 371 g/mol. The number of anilines is 1. The molecule has 1 aromatic carbocycles. The van der Waals surface area contributed by atoms with Crippen molar-refractivity contribution in [1.29, 1.82) is 0 Å². The topological polar surface area (TPSA) is 37.4 Å². The van der Waals surface area contributed by atoms with Crippen molar-refractivity contribution < 1.29 is 9.59 Å². The highest BCUT2D eigenvalue weighted by molar-refractivity contribution is 9.10. The number of halogens is 1. The van der Waals surface area contributed by atoms with Gasteiger partial charge in [0.15, 0.2) is 0 Å². The highest BCUT2D eigenvalue weighted by atomic mass is 79.9. The molecule has 1 saturated heterocycles. The minimum absolute atomic E-state index is 0.0497. The Labute approximate surface area is 144 Å². The molecule has 1 heterocycles. The maximum absolute atomic E-state index is 13.0. The molecule has 4 atom stereocenters. The van der Waals surface area contributed by atoms with E-state index in [0.29, 0.717) is 5.69 Å². The van der Waals surface area contributed by atoms with Crippen molar-refractivity contribution >= 4 is 33.4 Å². The molecule has 2 fully saturated rings. The summed E-state index contributed by atoms with van der Waals surface area (Å²) < 4.78 is 0.916. The van der Waals surface area contributed by atoms with E-state index < -0.39 is 0 Å². The Balaban J connectivity index is 1.77. The Morgan fingerprint density at radius 1 is 1.04 bits per heavy atom. The number of rotatable bonds is 1. The lowest BCUT2D eigenvalue weighted by atomic mass is 9.85. The third-order valence-corrected chi connectivity index (χ3v) is 6.26. The maximum Gasteiger partial charge on any atom is 0.238 e. The number of benzene rings is 1. The SMILES string of the molecule is CC(C)=C1[C@H]2C=C[C@H]1[C@H]1C(=O)N(c3ccc(C)c(Br)c3)C(=O)[C@H]12. The molecule has 4 rings (SSSR count). The van der Waals surface area contributed by atoms with Crippen LogP contribution in [0.15, 0.2) is 46.0 Å². The lowest BCUT2D eigenvalue weighted by Crippen LogP contribution is -2.33. The summed E-state index contributed by atoms with van der Waals surface area (Å²) in [7, 11) is 0. The van der Waals surface area contributed by atoms with Gasteiger partial charge in [-0.25, -0.2) is 4.90 Å². The number of carbonyl (C=O) groups is 2. The molecule has 23 heavy (non-hydrogen) atoms. The van der Waals surface area contributed by atoms with Gasteiger partial charge in [-0.1, -0.05) is 45.3 Å². The molecule has 1 aromatic rings. The van der Waals surface area contributed by atoms with E-state index in [1.165, 1.54) is 16.0 Å². The number of allylic oxidation sites excluding steroid dienone is 4. The van der Waals surface area contributed by atoms with Crippen LogP contribution in [0.5, 0.6) is 0 Å². The molecule has 0 spiro atoms. The van der Waals surface area contributed by atoms with Crippen LogP contribution in [0.4, 0.5) is 5.69 Å². The van der Waals surface area contributed by atoms with E-state index in [-0.39, 0.29) is 35.5 Å². The summed E-state index contributed by atoms with van der Waals surface area (Å²) in [6, 6.07) is 5.65. The van der Waals surface area contributed by atoms with Crippen molar-refractivity contribution in [3.63, 3.8) is 0 Å². The summed E-state index contributed by atoms with van der Waals surface area (Å²) in [6.07, 6.45) is 4.24. The van der Waals surface area contributed by atoms with Gasteiger partial charge in [-0.3, -0.25) is 9.59 Å². The zero-order chi connectivity index (χ0) is 16.5. The van der Waals surface area contributed by atoms with Crippen LogP contribution in [-0.2, 0) is 9.59 Å². The fourth-order valence-corrected chi connectivity index (χ4v) is 4.77. The molecule has 4 heteroatoms. The molecular weight excluding hydrogens is 354 g/mol. The molecule has 0 radical (unpaired) electrons. The summed E-state index contributed by atoms with van der Waals surface area (Å²) in [4.78, 5) is 27.4. The third-order valence-electron chi connectivity index (χ3n) is 5.41. The van der Waals surface area contributed by atoms with Crippen molar-refractivity contribution in [2.45, 2.75) is 20.8 Å². The fraction of sp³-hybridized carbons (Fsp3) is 0.368. The highest BCUT2D eigenvalue weighted by Crippen LogP contribution is 2.57. The summed E-state index contributed by atoms with van der Waals surface area (Å²) in [5.74, 6) is -0.335. The van der Waals surface area contributed by atoms with Gasteiger partial charge in [0.05, 0.1) is 17.5 Å². The first-order valence-electron chi connectivity index (χ1n) is 7.91. The third kappa shape index (κ3) is 1.87. The molecule has 3 nitrogen and oxygen atoms in total. The molecule has 1 saturated carbocycles. The average molecular weight is 372 g/mol. The normalized spacial score (nSPS) is 31.3. The Morgan fingerprint density at radius 2 is 1.61 bits per heavy atom. The molecule has 2 aliphatic carbocycles. The summed E-state index contributed by atoms with van der Waals surface area (Å²) >= 11 is 3.49. The molecule has 3 aliphatic rings. The number of imide groups is 1. The number of amides is 2. The van der Waals surface area contributed by atoms with Gasteiger partial charge in [-0.05, 0) is 38.5 Å². The van der Waals surface area contributed by atoms with Crippen LogP contribution in [0.3, 0.4) is 0 Å². The van der Waals surface area contributed by atoms with Gasteiger partial charge in [0, 0.05) is 16.3 Å². The second kappa shape index (κ2) is 4.91. The number of hydrogen-bond acceptors (Lipinski definition) is 2. The van der Waals surface area contributed by atoms with Crippen LogP contribution < -0.4 is 4.90 Å². The van der Waals surface area contributed by atoms with Crippen LogP contribution >= 0.6 is 15.9 Å². The second-order valence-corrected chi connectivity index (χ2v) is 7.74. The van der Waals surface area contributed by atoms with Crippen LogP contribution in [0.25, 0.3) is 0 Å². The van der Waals surface area contributed by atoms with Gasteiger partial charge in [0.1, 0.15) is 0 Å². The van der Waals surface area contributed by atoms with Crippen molar-refractivity contribution in [1.82, 2.24) is 0 Å². The van der Waals surface area contributed by atoms with Crippen molar-refractivity contribution in [2.24, 2.45) is 23.7 Å². The Kier molecular flexibility index (Phi) is 3.17. The minimum Gasteiger partial charge on any atom is -0.274 e. The number of fused-ring (bicyclic) bond motifs is 5. The zero-order valence-corrected chi connectivity index (χ0v) is 14.9. The Morgan fingerprint density at radius 3 is 2.09 bits per heavy atom. The largest absolute Gasteiger partial charge is 0.274 e. The van der Waals surface area contributed by atoms with Crippen LogP contribution in [0.2, 0.25) is 0 Å². The van der Waals surface area contributed by atoms with E-state index in [2.05, 4.69) is 41.9 Å². The summed E-state index contributed by atoms with van der Waals surface area (Å²) in [5.41, 5.74) is 4.28. The summed E-state index contributed by atoms with van der Waals surface area (Å²) in [6.45, 7) is 6.14. The molecule has 1 aliphatic heterocycles. The first-order valence-corrected chi connectivity index (χ1v) is 8.70. The number of aryl methyl sites for hydroxylation is 1. The van der Waals surface area contributed by atoms with E-state index in [1.807, 2.05) is 25.1 Å². The van der Waals surface area contributed by atoms with Crippen LogP contribution in [0.1, 0.15) is 19.4 Å². The smallest absolute Gasteiger partial charge is 0.238 e. The average Bonchev–Trinajstić information content (AvgIpc) is 3.13. The first-order chi connectivity index (χ1) is 10.9. The van der Waals surface area contributed by atoms with E-state index in [9.17, 15) is 9.59 Å². The molecule has 0 N–H and O–H groups in total. The Hall–Kier alpha value is -1.68. The molecule has 118 valence electrons. The van der Waals surface area contributed by atoms with Gasteiger partial charge in [-0.2, -0.15) is 0 Å². The minimum atomic E-state index is -0.220. The van der Waals surface area contributed by atoms with Gasteiger partial charge in [0.2, 0.25) is 11.8 Å². The lowest BCUT2D eigenvalue weighted by molar-refractivity contribution is -0.122. The zero-order valence-electron chi connectivity index (χ0n) is 13.3. The van der Waals surface area contributed by atoms with E-state index in [0.717, 1.165) is 10.0 Å². The quantitative estimate of drug-likeness (QED) is 0.552. The van der Waals surface area contributed by atoms with Gasteiger partial charge >= 0.3 is 0 Å². The molecule has 0 aromatic heterocycles. The predicted molar refractivity (Wildman–Crippen MR) is 92.8 cm³/mol. The number of hydrogen-bond donors (Lipinski definition) is 0.